The first kappa shape index (κ1) is 13.9. The van der Waals surface area contributed by atoms with Crippen LogP contribution >= 0.6 is 0 Å². The summed E-state index contributed by atoms with van der Waals surface area (Å²) >= 11 is 0. The van der Waals surface area contributed by atoms with Gasteiger partial charge in [-0.2, -0.15) is 0 Å². The Labute approximate surface area is 114 Å². The fourth-order valence-corrected chi connectivity index (χ4v) is 1.68. The van der Waals surface area contributed by atoms with Gasteiger partial charge in [0.15, 0.2) is 0 Å². The van der Waals surface area contributed by atoms with E-state index in [1.807, 2.05) is 0 Å². The van der Waals surface area contributed by atoms with E-state index < -0.39 is 17.5 Å². The van der Waals surface area contributed by atoms with E-state index in [0.29, 0.717) is 11.4 Å². The summed E-state index contributed by atoms with van der Waals surface area (Å²) in [5, 5.41) is 2.49. The normalized spacial score (nSPS) is 10.2. The Hall–Kier alpha value is -2.50. The van der Waals surface area contributed by atoms with Gasteiger partial charge in [0.2, 0.25) is 5.88 Å². The number of pyridine rings is 1. The number of halogens is 2. The Morgan fingerprint density at radius 3 is 2.90 bits per heavy atom. The van der Waals surface area contributed by atoms with Gasteiger partial charge >= 0.3 is 0 Å². The fraction of sp³-hybridized carbons (Fsp3) is 0.143. The second kappa shape index (κ2) is 6.10. The molecule has 1 heterocycles. The minimum Gasteiger partial charge on any atom is -0.481 e. The Kier molecular flexibility index (Phi) is 4.24. The van der Waals surface area contributed by atoms with Gasteiger partial charge < -0.3 is 10.1 Å². The topological polar surface area (TPSA) is 51.2 Å². The number of hydrogen-bond donors (Lipinski definition) is 1. The van der Waals surface area contributed by atoms with Crippen LogP contribution in [-0.4, -0.2) is 18.0 Å². The Balaban J connectivity index is 2.11. The second-order valence-electron chi connectivity index (χ2n) is 3.98. The van der Waals surface area contributed by atoms with Crippen LogP contribution in [0.25, 0.3) is 0 Å². The fourth-order valence-electron chi connectivity index (χ4n) is 1.68. The van der Waals surface area contributed by atoms with Gasteiger partial charge in [-0.05, 0) is 24.3 Å². The number of carbonyl (C=O) groups excluding carboxylic acids is 1. The van der Waals surface area contributed by atoms with E-state index in [-0.39, 0.29) is 12.1 Å². The Morgan fingerprint density at radius 1 is 1.35 bits per heavy atom. The van der Waals surface area contributed by atoms with E-state index in [0.717, 1.165) is 18.2 Å². The molecule has 1 aromatic carbocycles. The van der Waals surface area contributed by atoms with Crippen molar-refractivity contribution >= 4 is 5.91 Å². The molecule has 0 bridgehead atoms. The highest BCUT2D eigenvalue weighted by Crippen LogP contribution is 2.14. The van der Waals surface area contributed by atoms with Crippen molar-refractivity contribution in [2.75, 3.05) is 7.11 Å². The zero-order chi connectivity index (χ0) is 14.5. The molecule has 0 radical (unpaired) electrons. The predicted octanol–water partition coefficient (Wildman–Crippen LogP) is 2.30. The third-order valence-corrected chi connectivity index (χ3v) is 2.66. The molecule has 0 unspecified atom stereocenters. The lowest BCUT2D eigenvalue weighted by Crippen LogP contribution is -2.24. The lowest BCUT2D eigenvalue weighted by Gasteiger charge is -2.09. The first-order chi connectivity index (χ1) is 9.61. The number of methoxy groups -OCH3 is 1. The predicted molar refractivity (Wildman–Crippen MR) is 68.3 cm³/mol. The summed E-state index contributed by atoms with van der Waals surface area (Å²) < 4.78 is 31.5. The monoisotopic (exact) mass is 278 g/mol. The van der Waals surface area contributed by atoms with Crippen molar-refractivity contribution in [2.24, 2.45) is 0 Å². The highest BCUT2D eigenvalue weighted by atomic mass is 19.1. The number of ether oxygens (including phenoxy) is 1. The molecule has 1 aromatic heterocycles. The molecule has 0 fully saturated rings. The maximum Gasteiger partial charge on any atom is 0.254 e. The molecule has 2 rings (SSSR count). The minimum absolute atomic E-state index is 0.103. The molecule has 0 saturated carbocycles. The van der Waals surface area contributed by atoms with E-state index in [1.54, 1.807) is 18.3 Å². The molecule has 20 heavy (non-hydrogen) atoms. The van der Waals surface area contributed by atoms with Crippen molar-refractivity contribution in [3.63, 3.8) is 0 Å². The molecular formula is C14H12F2N2O2. The standard InChI is InChI=1S/C14H12F2N2O2/c1-20-14-9(3-2-6-17-14)8-18-13(19)11-7-10(15)4-5-12(11)16/h2-7H,8H2,1H3,(H,18,19). The molecule has 0 saturated heterocycles. The van der Waals surface area contributed by atoms with E-state index in [2.05, 4.69) is 10.3 Å². The van der Waals surface area contributed by atoms with Gasteiger partial charge in [-0.15, -0.1) is 0 Å². The van der Waals surface area contributed by atoms with Crippen LogP contribution in [0.2, 0.25) is 0 Å². The summed E-state index contributed by atoms with van der Waals surface area (Å²) in [6, 6.07) is 6.12. The first-order valence-electron chi connectivity index (χ1n) is 5.83. The number of nitrogens with one attached hydrogen (secondary N) is 1. The lowest BCUT2D eigenvalue weighted by molar-refractivity contribution is 0.0946. The summed E-state index contributed by atoms with van der Waals surface area (Å²) in [5.74, 6) is -1.78. The zero-order valence-electron chi connectivity index (χ0n) is 10.7. The number of carbonyl (C=O) groups is 1. The van der Waals surface area contributed by atoms with Crippen LogP contribution in [0.5, 0.6) is 5.88 Å². The van der Waals surface area contributed by atoms with Crippen LogP contribution in [0, 0.1) is 11.6 Å². The first-order valence-corrected chi connectivity index (χ1v) is 5.83. The number of nitrogens with zero attached hydrogens (tertiary/aromatic N) is 1. The zero-order valence-corrected chi connectivity index (χ0v) is 10.7. The Morgan fingerprint density at radius 2 is 2.15 bits per heavy atom. The average Bonchev–Trinajstić information content (AvgIpc) is 2.47. The van der Waals surface area contributed by atoms with Gasteiger partial charge in [-0.1, -0.05) is 6.07 Å². The van der Waals surface area contributed by atoms with Crippen LogP contribution in [0.3, 0.4) is 0 Å². The molecule has 0 aliphatic rings. The maximum atomic E-state index is 13.4. The third-order valence-electron chi connectivity index (χ3n) is 2.66. The number of aromatic nitrogens is 1. The molecule has 1 N–H and O–H groups in total. The van der Waals surface area contributed by atoms with Crippen molar-refractivity contribution in [1.82, 2.24) is 10.3 Å². The molecule has 4 nitrogen and oxygen atoms in total. The van der Waals surface area contributed by atoms with Crippen molar-refractivity contribution in [3.05, 3.63) is 59.3 Å². The molecule has 0 aliphatic carbocycles. The van der Waals surface area contributed by atoms with Gasteiger partial charge in [-0.25, -0.2) is 13.8 Å². The number of benzene rings is 1. The Bertz CT molecular complexity index is 632. The minimum atomic E-state index is -0.776. The molecule has 6 heteroatoms. The highest BCUT2D eigenvalue weighted by Gasteiger charge is 2.13. The van der Waals surface area contributed by atoms with Crippen molar-refractivity contribution in [1.29, 1.82) is 0 Å². The second-order valence-corrected chi connectivity index (χ2v) is 3.98. The molecule has 0 aliphatic heterocycles. The van der Waals surface area contributed by atoms with Crippen LogP contribution in [0.1, 0.15) is 15.9 Å². The summed E-state index contributed by atoms with van der Waals surface area (Å²) in [5.41, 5.74) is 0.299. The summed E-state index contributed by atoms with van der Waals surface area (Å²) in [6.07, 6.45) is 1.55. The average molecular weight is 278 g/mol. The van der Waals surface area contributed by atoms with E-state index in [1.165, 1.54) is 7.11 Å². The third kappa shape index (κ3) is 3.09. The summed E-state index contributed by atoms with van der Waals surface area (Å²) in [7, 11) is 1.46. The van der Waals surface area contributed by atoms with Gasteiger partial charge in [0, 0.05) is 18.3 Å². The van der Waals surface area contributed by atoms with Crippen LogP contribution in [0.15, 0.2) is 36.5 Å². The summed E-state index contributed by atoms with van der Waals surface area (Å²) in [6.45, 7) is 0.103. The van der Waals surface area contributed by atoms with Gasteiger partial charge in [-0.3, -0.25) is 4.79 Å². The largest absolute Gasteiger partial charge is 0.481 e. The van der Waals surface area contributed by atoms with Crippen molar-refractivity contribution < 1.29 is 18.3 Å². The quantitative estimate of drug-likeness (QED) is 0.933. The molecular weight excluding hydrogens is 266 g/mol. The van der Waals surface area contributed by atoms with Gasteiger partial charge in [0.05, 0.1) is 12.7 Å². The molecule has 2 aromatic rings. The summed E-state index contributed by atoms with van der Waals surface area (Å²) in [4.78, 5) is 15.8. The smallest absolute Gasteiger partial charge is 0.254 e. The van der Waals surface area contributed by atoms with E-state index in [4.69, 9.17) is 4.74 Å². The number of hydrogen-bond acceptors (Lipinski definition) is 3. The van der Waals surface area contributed by atoms with Gasteiger partial charge in [0.1, 0.15) is 11.6 Å². The molecule has 0 atom stereocenters. The maximum absolute atomic E-state index is 13.4. The van der Waals surface area contributed by atoms with E-state index in [9.17, 15) is 13.6 Å². The van der Waals surface area contributed by atoms with Crippen molar-refractivity contribution in [3.8, 4) is 5.88 Å². The number of rotatable bonds is 4. The SMILES string of the molecule is COc1ncccc1CNC(=O)c1cc(F)ccc1F. The van der Waals surface area contributed by atoms with Gasteiger partial charge in [0.25, 0.3) is 5.91 Å². The van der Waals surface area contributed by atoms with Crippen LogP contribution in [0.4, 0.5) is 8.78 Å². The lowest BCUT2D eigenvalue weighted by atomic mass is 10.2. The number of amides is 1. The van der Waals surface area contributed by atoms with Crippen LogP contribution in [-0.2, 0) is 6.54 Å². The molecule has 104 valence electrons. The molecule has 0 spiro atoms. The van der Waals surface area contributed by atoms with Crippen LogP contribution < -0.4 is 10.1 Å². The van der Waals surface area contributed by atoms with Crippen molar-refractivity contribution in [2.45, 2.75) is 6.54 Å². The van der Waals surface area contributed by atoms with E-state index >= 15 is 0 Å². The molecule has 1 amide bonds. The highest BCUT2D eigenvalue weighted by molar-refractivity contribution is 5.94.